The lowest BCUT2D eigenvalue weighted by atomic mass is 10.1. The fourth-order valence-corrected chi connectivity index (χ4v) is 1.58. The van der Waals surface area contributed by atoms with Crippen LogP contribution in [0.2, 0.25) is 0 Å². The number of benzene rings is 1. The zero-order chi connectivity index (χ0) is 11.8. The highest BCUT2D eigenvalue weighted by molar-refractivity contribution is 5.44. The van der Waals surface area contributed by atoms with Crippen molar-refractivity contribution in [2.45, 2.75) is 39.0 Å². The minimum Gasteiger partial charge on any atom is -0.383 e. The number of halogens is 2. The molecule has 0 spiro atoms. The van der Waals surface area contributed by atoms with Crippen LogP contribution >= 0.6 is 0 Å². The Kier molecular flexibility index (Phi) is 5.83. The molecule has 16 heavy (non-hydrogen) atoms. The molecule has 0 bridgehead atoms. The van der Waals surface area contributed by atoms with Gasteiger partial charge in [-0.15, -0.1) is 0 Å². The monoisotopic (exact) mass is 227 g/mol. The van der Waals surface area contributed by atoms with E-state index in [2.05, 4.69) is 12.2 Å². The van der Waals surface area contributed by atoms with Gasteiger partial charge < -0.3 is 5.32 Å². The summed E-state index contributed by atoms with van der Waals surface area (Å²) in [4.78, 5) is 0. The zero-order valence-corrected chi connectivity index (χ0v) is 9.73. The number of anilines is 1. The Morgan fingerprint density at radius 3 is 2.50 bits per heavy atom. The Hall–Kier alpha value is -1.12. The number of hydrogen-bond acceptors (Lipinski definition) is 1. The molecule has 0 atom stereocenters. The summed E-state index contributed by atoms with van der Waals surface area (Å²) in [6.07, 6.45) is 5.88. The molecule has 0 radical (unpaired) electrons. The summed E-state index contributed by atoms with van der Waals surface area (Å²) in [5.74, 6) is -1.06. The van der Waals surface area contributed by atoms with Crippen molar-refractivity contribution in [1.82, 2.24) is 0 Å². The second kappa shape index (κ2) is 7.20. The van der Waals surface area contributed by atoms with Crippen LogP contribution < -0.4 is 5.32 Å². The SMILES string of the molecule is CCCCCCCNc1ccc(F)cc1F. The first kappa shape index (κ1) is 12.9. The first-order chi connectivity index (χ1) is 7.74. The van der Waals surface area contributed by atoms with Gasteiger partial charge in [-0.25, -0.2) is 8.78 Å². The van der Waals surface area contributed by atoms with Crippen LogP contribution in [-0.2, 0) is 0 Å². The number of unbranched alkanes of at least 4 members (excludes halogenated alkanes) is 4. The highest BCUT2D eigenvalue weighted by atomic mass is 19.1. The van der Waals surface area contributed by atoms with Crippen LogP contribution in [0.4, 0.5) is 14.5 Å². The molecule has 1 aromatic rings. The molecule has 0 saturated heterocycles. The number of rotatable bonds is 7. The molecule has 3 heteroatoms. The maximum atomic E-state index is 13.2. The van der Waals surface area contributed by atoms with Gasteiger partial charge in [-0.05, 0) is 18.6 Å². The van der Waals surface area contributed by atoms with Crippen molar-refractivity contribution in [3.8, 4) is 0 Å². The van der Waals surface area contributed by atoms with Crippen LogP contribution in [0.5, 0.6) is 0 Å². The van der Waals surface area contributed by atoms with Crippen LogP contribution in [0, 0.1) is 11.6 Å². The largest absolute Gasteiger partial charge is 0.383 e. The summed E-state index contributed by atoms with van der Waals surface area (Å²) in [6.45, 7) is 2.92. The van der Waals surface area contributed by atoms with E-state index in [0.717, 1.165) is 25.5 Å². The molecule has 0 aliphatic carbocycles. The minimum absolute atomic E-state index is 0.386. The van der Waals surface area contributed by atoms with Gasteiger partial charge in [0.2, 0.25) is 0 Å². The average molecular weight is 227 g/mol. The highest BCUT2D eigenvalue weighted by Crippen LogP contribution is 2.15. The predicted octanol–water partition coefficient (Wildman–Crippen LogP) is 4.35. The molecule has 90 valence electrons. The molecule has 1 nitrogen and oxygen atoms in total. The third-order valence-electron chi connectivity index (χ3n) is 2.53. The molecule has 0 unspecified atom stereocenters. The molecule has 0 amide bonds. The van der Waals surface area contributed by atoms with Gasteiger partial charge in [0, 0.05) is 12.6 Å². The van der Waals surface area contributed by atoms with Crippen LogP contribution in [0.1, 0.15) is 39.0 Å². The maximum Gasteiger partial charge on any atom is 0.149 e. The Balaban J connectivity index is 2.21. The van der Waals surface area contributed by atoms with E-state index in [1.165, 1.54) is 31.4 Å². The first-order valence-electron chi connectivity index (χ1n) is 5.93. The summed E-state index contributed by atoms with van der Waals surface area (Å²) in [5, 5.41) is 2.98. The zero-order valence-electron chi connectivity index (χ0n) is 9.73. The molecular formula is C13H19F2N. The first-order valence-corrected chi connectivity index (χ1v) is 5.93. The summed E-state index contributed by atoms with van der Waals surface area (Å²) in [6, 6.07) is 3.61. The molecule has 1 rings (SSSR count). The molecule has 0 aliphatic heterocycles. The van der Waals surface area contributed by atoms with Gasteiger partial charge in [0.1, 0.15) is 11.6 Å². The molecule has 0 aromatic heterocycles. The van der Waals surface area contributed by atoms with Crippen molar-refractivity contribution in [2.75, 3.05) is 11.9 Å². The van der Waals surface area contributed by atoms with Crippen molar-refractivity contribution >= 4 is 5.69 Å². The Morgan fingerprint density at radius 1 is 1.06 bits per heavy atom. The van der Waals surface area contributed by atoms with E-state index < -0.39 is 11.6 Å². The fraction of sp³-hybridized carbons (Fsp3) is 0.538. The van der Waals surface area contributed by atoms with E-state index in [-0.39, 0.29) is 0 Å². The molecule has 1 aromatic carbocycles. The van der Waals surface area contributed by atoms with Crippen molar-refractivity contribution in [3.63, 3.8) is 0 Å². The fourth-order valence-electron chi connectivity index (χ4n) is 1.58. The predicted molar refractivity (Wildman–Crippen MR) is 63.6 cm³/mol. The van der Waals surface area contributed by atoms with E-state index in [1.54, 1.807) is 0 Å². The van der Waals surface area contributed by atoms with Crippen molar-refractivity contribution in [1.29, 1.82) is 0 Å². The van der Waals surface area contributed by atoms with Gasteiger partial charge in [-0.1, -0.05) is 32.6 Å². The lowest BCUT2D eigenvalue weighted by Gasteiger charge is -2.07. The quantitative estimate of drug-likeness (QED) is 0.683. The molecular weight excluding hydrogens is 208 g/mol. The van der Waals surface area contributed by atoms with Crippen molar-refractivity contribution < 1.29 is 8.78 Å². The smallest absolute Gasteiger partial charge is 0.149 e. The van der Waals surface area contributed by atoms with Crippen LogP contribution in [0.15, 0.2) is 18.2 Å². The Morgan fingerprint density at radius 2 is 1.81 bits per heavy atom. The number of nitrogens with one attached hydrogen (secondary N) is 1. The van der Waals surface area contributed by atoms with E-state index in [1.807, 2.05) is 0 Å². The minimum atomic E-state index is -0.536. The number of hydrogen-bond donors (Lipinski definition) is 1. The summed E-state index contributed by atoms with van der Waals surface area (Å²) < 4.78 is 25.8. The van der Waals surface area contributed by atoms with E-state index in [9.17, 15) is 8.78 Å². The van der Waals surface area contributed by atoms with Crippen LogP contribution in [0.3, 0.4) is 0 Å². The molecule has 0 aliphatic rings. The maximum absolute atomic E-state index is 13.2. The molecule has 0 heterocycles. The Bertz CT molecular complexity index is 313. The van der Waals surface area contributed by atoms with Gasteiger partial charge in [0.25, 0.3) is 0 Å². The van der Waals surface area contributed by atoms with Crippen LogP contribution in [-0.4, -0.2) is 6.54 Å². The van der Waals surface area contributed by atoms with Crippen molar-refractivity contribution in [2.24, 2.45) is 0 Å². The van der Waals surface area contributed by atoms with E-state index in [4.69, 9.17) is 0 Å². The second-order valence-corrected chi connectivity index (χ2v) is 3.97. The summed E-state index contributed by atoms with van der Waals surface area (Å²) >= 11 is 0. The lowest BCUT2D eigenvalue weighted by Crippen LogP contribution is -2.03. The topological polar surface area (TPSA) is 12.0 Å². The van der Waals surface area contributed by atoms with Crippen molar-refractivity contribution in [3.05, 3.63) is 29.8 Å². The lowest BCUT2D eigenvalue weighted by molar-refractivity contribution is 0.584. The summed E-state index contributed by atoms with van der Waals surface area (Å²) in [5.41, 5.74) is 0.386. The third kappa shape index (κ3) is 4.60. The second-order valence-electron chi connectivity index (χ2n) is 3.97. The molecule has 1 N–H and O–H groups in total. The van der Waals surface area contributed by atoms with Gasteiger partial charge in [-0.3, -0.25) is 0 Å². The van der Waals surface area contributed by atoms with Gasteiger partial charge in [-0.2, -0.15) is 0 Å². The summed E-state index contributed by atoms with van der Waals surface area (Å²) in [7, 11) is 0. The standard InChI is InChI=1S/C13H19F2N/c1-2-3-4-5-6-9-16-13-8-7-11(14)10-12(13)15/h7-8,10,16H,2-6,9H2,1H3. The van der Waals surface area contributed by atoms with E-state index >= 15 is 0 Å². The molecule has 0 saturated carbocycles. The highest BCUT2D eigenvalue weighted by Gasteiger charge is 2.01. The van der Waals surface area contributed by atoms with E-state index in [0.29, 0.717) is 5.69 Å². The van der Waals surface area contributed by atoms with Gasteiger partial charge >= 0.3 is 0 Å². The van der Waals surface area contributed by atoms with Gasteiger partial charge in [0.15, 0.2) is 0 Å². The average Bonchev–Trinajstić information content (AvgIpc) is 2.26. The van der Waals surface area contributed by atoms with Crippen LogP contribution in [0.25, 0.3) is 0 Å². The molecule has 0 fully saturated rings. The van der Waals surface area contributed by atoms with Gasteiger partial charge in [0.05, 0.1) is 5.69 Å². The third-order valence-corrected chi connectivity index (χ3v) is 2.53. The Labute approximate surface area is 95.9 Å². The normalized spacial score (nSPS) is 10.4.